The highest BCUT2D eigenvalue weighted by atomic mass is 32.2. The van der Waals surface area contributed by atoms with Crippen LogP contribution in [0.15, 0.2) is 67.0 Å². The largest absolute Gasteiger partial charge is 0.489 e. The molecule has 0 radical (unpaired) electrons. The van der Waals surface area contributed by atoms with E-state index >= 15 is 0 Å². The van der Waals surface area contributed by atoms with Crippen LogP contribution < -0.4 is 4.74 Å². The van der Waals surface area contributed by atoms with Gasteiger partial charge in [0.2, 0.25) is 0 Å². The second-order valence-corrected chi connectivity index (χ2v) is 7.19. The van der Waals surface area contributed by atoms with Crippen LogP contribution in [0.1, 0.15) is 37.9 Å². The van der Waals surface area contributed by atoms with Gasteiger partial charge >= 0.3 is 5.97 Å². The minimum atomic E-state index is -0.947. The number of hydrogen-bond donors (Lipinski definition) is 1. The van der Waals surface area contributed by atoms with Crippen molar-refractivity contribution in [3.63, 3.8) is 0 Å². The van der Waals surface area contributed by atoms with Crippen LogP contribution in [0.25, 0.3) is 0 Å². The average Bonchev–Trinajstić information content (AvgIpc) is 2.83. The number of carboxylic acid groups (broad SMARTS) is 1. The summed E-state index contributed by atoms with van der Waals surface area (Å²) in [5, 5.41) is 9.36. The fourth-order valence-electron chi connectivity index (χ4n) is 3.10. The van der Waals surface area contributed by atoms with E-state index in [1.54, 1.807) is 30.1 Å². The molecule has 0 bridgehead atoms. The Hall–Kier alpha value is -2.79. The Morgan fingerprint density at radius 2 is 2.04 bits per heavy atom. The number of aromatic carboxylic acids is 1. The van der Waals surface area contributed by atoms with Crippen LogP contribution in [0, 0.1) is 0 Å². The van der Waals surface area contributed by atoms with Crippen molar-refractivity contribution >= 4 is 17.7 Å². The van der Waals surface area contributed by atoms with Gasteiger partial charge in [0.05, 0.1) is 10.8 Å². The Bertz CT molecular complexity index is 943. The van der Waals surface area contributed by atoms with Crippen LogP contribution in [0.3, 0.4) is 0 Å². The predicted molar refractivity (Wildman–Crippen MR) is 102 cm³/mol. The molecule has 0 amide bonds. The van der Waals surface area contributed by atoms with Gasteiger partial charge in [0.1, 0.15) is 12.4 Å². The number of aromatic nitrogens is 1. The first-order chi connectivity index (χ1) is 12.7. The van der Waals surface area contributed by atoms with Crippen LogP contribution in [0.4, 0.5) is 0 Å². The summed E-state index contributed by atoms with van der Waals surface area (Å²) in [6.07, 6.45) is 3.65. The van der Waals surface area contributed by atoms with Crippen molar-refractivity contribution in [3.05, 3.63) is 94.8 Å². The quantitative estimate of drug-likeness (QED) is 0.728. The Labute approximate surface area is 155 Å². The van der Waals surface area contributed by atoms with Crippen LogP contribution >= 0.6 is 11.8 Å². The van der Waals surface area contributed by atoms with Crippen LogP contribution in [-0.4, -0.2) is 16.1 Å². The summed E-state index contributed by atoms with van der Waals surface area (Å²) in [5.41, 5.74) is 4.75. The van der Waals surface area contributed by atoms with Gasteiger partial charge < -0.3 is 9.84 Å². The normalized spacial score (nSPS) is 15.3. The number of hydrogen-bond acceptors (Lipinski definition) is 4. The number of carbonyl (C=O) groups is 1. The van der Waals surface area contributed by atoms with Crippen molar-refractivity contribution in [1.82, 2.24) is 4.98 Å². The molecule has 5 heteroatoms. The molecule has 130 valence electrons. The van der Waals surface area contributed by atoms with Crippen LogP contribution in [0.5, 0.6) is 5.75 Å². The van der Waals surface area contributed by atoms with Crippen LogP contribution in [0.2, 0.25) is 0 Å². The van der Waals surface area contributed by atoms with E-state index in [9.17, 15) is 9.90 Å². The Morgan fingerprint density at radius 3 is 2.85 bits per heavy atom. The first kappa shape index (κ1) is 16.7. The maximum atomic E-state index is 11.3. The Kier molecular flexibility index (Phi) is 4.63. The van der Waals surface area contributed by atoms with Gasteiger partial charge in [-0.2, -0.15) is 0 Å². The predicted octanol–water partition coefficient (Wildman–Crippen LogP) is 4.70. The SMILES string of the molecule is O=C(O)c1ccc2c(c1)OCc1ccccc1C2SCc1cccnc1. The molecule has 4 rings (SSSR count). The number of thioether (sulfide) groups is 1. The summed E-state index contributed by atoms with van der Waals surface area (Å²) < 4.78 is 5.96. The molecular weight excluding hydrogens is 346 g/mol. The summed E-state index contributed by atoms with van der Waals surface area (Å²) in [6, 6.07) is 17.4. The lowest BCUT2D eigenvalue weighted by Gasteiger charge is -2.19. The Balaban J connectivity index is 1.74. The molecule has 1 aliphatic heterocycles. The standard InChI is InChI=1S/C21H17NO3S/c23-21(24)15-7-8-18-19(10-15)25-12-16-5-1-2-6-17(16)20(18)26-13-14-4-3-9-22-11-14/h1-11,20H,12-13H2,(H,23,24). The number of pyridine rings is 1. The third-order valence-corrected chi connectivity index (χ3v) is 5.74. The zero-order valence-electron chi connectivity index (χ0n) is 14.0. The fraction of sp³-hybridized carbons (Fsp3) is 0.143. The summed E-state index contributed by atoms with van der Waals surface area (Å²) in [4.78, 5) is 15.5. The molecule has 0 saturated carbocycles. The molecule has 3 aromatic rings. The molecule has 1 aromatic heterocycles. The van der Waals surface area contributed by atoms with Gasteiger partial charge in [0.15, 0.2) is 0 Å². The lowest BCUT2D eigenvalue weighted by Crippen LogP contribution is -2.02. The summed E-state index contributed by atoms with van der Waals surface area (Å²) >= 11 is 1.80. The maximum absolute atomic E-state index is 11.3. The van der Waals surface area contributed by atoms with Gasteiger partial charge in [-0.25, -0.2) is 4.79 Å². The molecule has 1 aliphatic rings. The molecule has 2 heterocycles. The number of rotatable bonds is 4. The Morgan fingerprint density at radius 1 is 1.15 bits per heavy atom. The van der Waals surface area contributed by atoms with E-state index in [0.29, 0.717) is 12.4 Å². The van der Waals surface area contributed by atoms with Crippen LogP contribution in [-0.2, 0) is 12.4 Å². The lowest BCUT2D eigenvalue weighted by molar-refractivity contribution is 0.0696. The number of benzene rings is 2. The highest BCUT2D eigenvalue weighted by molar-refractivity contribution is 7.99. The smallest absolute Gasteiger partial charge is 0.335 e. The van der Waals surface area contributed by atoms with E-state index < -0.39 is 5.97 Å². The first-order valence-corrected chi connectivity index (χ1v) is 9.35. The van der Waals surface area contributed by atoms with Gasteiger partial charge in [0.25, 0.3) is 0 Å². The van der Waals surface area contributed by atoms with Gasteiger partial charge in [-0.3, -0.25) is 4.98 Å². The number of nitrogens with zero attached hydrogens (tertiary/aromatic N) is 1. The van der Waals surface area contributed by atoms with Crippen molar-refractivity contribution < 1.29 is 14.6 Å². The number of fused-ring (bicyclic) bond motifs is 2. The van der Waals surface area contributed by atoms with Gasteiger partial charge in [-0.05, 0) is 34.9 Å². The van der Waals surface area contributed by atoms with Crippen molar-refractivity contribution in [2.75, 3.05) is 0 Å². The third-order valence-electron chi connectivity index (χ3n) is 4.40. The zero-order chi connectivity index (χ0) is 17.9. The molecule has 26 heavy (non-hydrogen) atoms. The van der Waals surface area contributed by atoms with E-state index in [1.807, 2.05) is 30.5 Å². The monoisotopic (exact) mass is 363 g/mol. The summed E-state index contributed by atoms with van der Waals surface area (Å²) in [6.45, 7) is 0.441. The van der Waals surface area contributed by atoms with E-state index in [0.717, 1.165) is 22.4 Å². The van der Waals surface area contributed by atoms with Crippen molar-refractivity contribution in [2.24, 2.45) is 0 Å². The number of carboxylic acids is 1. The van der Waals surface area contributed by atoms with Crippen molar-refractivity contribution in [3.8, 4) is 5.75 Å². The zero-order valence-corrected chi connectivity index (χ0v) is 14.8. The molecule has 1 unspecified atom stereocenters. The van der Waals surface area contributed by atoms with E-state index in [-0.39, 0.29) is 10.8 Å². The molecule has 2 aromatic carbocycles. The van der Waals surface area contributed by atoms with Crippen molar-refractivity contribution in [2.45, 2.75) is 17.6 Å². The average molecular weight is 363 g/mol. The number of ether oxygens (including phenoxy) is 1. The molecule has 0 aliphatic carbocycles. The minimum Gasteiger partial charge on any atom is -0.489 e. The van der Waals surface area contributed by atoms with Gasteiger partial charge in [-0.15, -0.1) is 11.8 Å². The minimum absolute atomic E-state index is 0.0757. The highest BCUT2D eigenvalue weighted by Crippen LogP contribution is 2.45. The molecular formula is C21H17NO3S. The molecule has 0 saturated heterocycles. The van der Waals surface area contributed by atoms with Gasteiger partial charge in [0, 0.05) is 23.7 Å². The third kappa shape index (κ3) is 3.30. The van der Waals surface area contributed by atoms with E-state index in [2.05, 4.69) is 23.2 Å². The maximum Gasteiger partial charge on any atom is 0.335 e. The molecule has 1 atom stereocenters. The van der Waals surface area contributed by atoms with Crippen molar-refractivity contribution in [1.29, 1.82) is 0 Å². The van der Waals surface area contributed by atoms with E-state index in [1.165, 1.54) is 5.56 Å². The summed E-state index contributed by atoms with van der Waals surface area (Å²) in [5.74, 6) is 0.509. The molecule has 1 N–H and O–H groups in total. The second kappa shape index (κ2) is 7.22. The first-order valence-electron chi connectivity index (χ1n) is 8.31. The van der Waals surface area contributed by atoms with E-state index in [4.69, 9.17) is 4.74 Å². The second-order valence-electron chi connectivity index (χ2n) is 6.10. The van der Waals surface area contributed by atoms with Gasteiger partial charge in [-0.1, -0.05) is 36.4 Å². The highest BCUT2D eigenvalue weighted by Gasteiger charge is 2.25. The molecule has 4 nitrogen and oxygen atoms in total. The molecule has 0 fully saturated rings. The summed E-state index contributed by atoms with van der Waals surface area (Å²) in [7, 11) is 0. The lowest BCUT2D eigenvalue weighted by atomic mass is 9.99. The topological polar surface area (TPSA) is 59.4 Å². The molecule has 0 spiro atoms. The fourth-order valence-corrected chi connectivity index (χ4v) is 4.41.